The summed E-state index contributed by atoms with van der Waals surface area (Å²) >= 11 is 0. The van der Waals surface area contributed by atoms with E-state index in [1.807, 2.05) is 30.3 Å². The van der Waals surface area contributed by atoms with Gasteiger partial charge in [0.05, 0.1) is 6.21 Å². The summed E-state index contributed by atoms with van der Waals surface area (Å²) in [5, 5.41) is 3.17. The molecule has 32 heavy (non-hydrogen) atoms. The van der Waals surface area contributed by atoms with E-state index in [1.54, 1.807) is 30.3 Å². The van der Waals surface area contributed by atoms with E-state index in [0.717, 1.165) is 17.7 Å². The number of aromatic nitrogens is 1. The smallest absolute Gasteiger partial charge is 0.254 e. The summed E-state index contributed by atoms with van der Waals surface area (Å²) in [6, 6.07) is 13.3. The number of ether oxygens (including phenoxy) is 1. The van der Waals surface area contributed by atoms with Gasteiger partial charge in [0.25, 0.3) is 5.91 Å². The fourth-order valence-electron chi connectivity index (χ4n) is 3.48. The van der Waals surface area contributed by atoms with Gasteiger partial charge < -0.3 is 20.7 Å². The summed E-state index contributed by atoms with van der Waals surface area (Å²) in [5.41, 5.74) is 7.54. The van der Waals surface area contributed by atoms with Crippen LogP contribution in [-0.2, 0) is 11.3 Å². The van der Waals surface area contributed by atoms with E-state index in [0.29, 0.717) is 25.4 Å². The van der Waals surface area contributed by atoms with Gasteiger partial charge in [0, 0.05) is 44.5 Å². The predicted molar refractivity (Wildman–Crippen MR) is 123 cm³/mol. The molecule has 1 aliphatic heterocycles. The molecule has 8 nitrogen and oxygen atoms in total. The number of benzene rings is 1. The molecule has 1 atom stereocenters. The molecule has 3 N–H and O–H groups in total. The molecule has 0 aliphatic carbocycles. The molecule has 0 spiro atoms. The first-order valence-electron chi connectivity index (χ1n) is 10.3. The molecule has 1 aromatic heterocycles. The second kappa shape index (κ2) is 10.9. The van der Waals surface area contributed by atoms with E-state index in [9.17, 15) is 9.59 Å². The Bertz CT molecular complexity index is 1030. The van der Waals surface area contributed by atoms with Crippen molar-refractivity contribution in [2.24, 2.45) is 10.7 Å². The van der Waals surface area contributed by atoms with E-state index >= 15 is 0 Å². The Hall–Kier alpha value is -3.94. The van der Waals surface area contributed by atoms with Gasteiger partial charge in [-0.2, -0.15) is 0 Å². The Balaban J connectivity index is 1.79. The summed E-state index contributed by atoms with van der Waals surface area (Å²) in [6.07, 6.45) is 5.26. The Kier molecular flexibility index (Phi) is 7.75. The van der Waals surface area contributed by atoms with Gasteiger partial charge in [0.1, 0.15) is 5.56 Å². The molecular formula is C24H27N5O3. The maximum atomic E-state index is 11.9. The van der Waals surface area contributed by atoms with E-state index in [1.165, 1.54) is 12.3 Å². The minimum Gasteiger partial charge on any atom is -0.435 e. The second-order valence-corrected chi connectivity index (χ2v) is 7.33. The van der Waals surface area contributed by atoms with Crippen molar-refractivity contribution in [3.05, 3.63) is 83.9 Å². The number of rotatable bonds is 9. The molecule has 2 aromatic rings. The van der Waals surface area contributed by atoms with E-state index < -0.39 is 5.91 Å². The highest BCUT2D eigenvalue weighted by Gasteiger charge is 2.28. The van der Waals surface area contributed by atoms with Crippen molar-refractivity contribution in [1.29, 1.82) is 0 Å². The molecular weight excluding hydrogens is 406 g/mol. The fraction of sp³-hybridized carbons (Fsp3) is 0.250. The number of hydrogen-bond acceptors (Lipinski definition) is 6. The SMILES string of the molecule is C=CC(=O)N1CCC(c2ccc(C(N)=O)c(OC(/C=N\C)=C/NCc3ccccc3)n2)C1. The van der Waals surface area contributed by atoms with Gasteiger partial charge in [-0.05, 0) is 30.2 Å². The molecule has 0 saturated carbocycles. The van der Waals surface area contributed by atoms with Crippen LogP contribution in [0.2, 0.25) is 0 Å². The predicted octanol–water partition coefficient (Wildman–Crippen LogP) is 2.39. The first-order chi connectivity index (χ1) is 15.5. The molecule has 0 radical (unpaired) electrons. The molecule has 1 saturated heterocycles. The lowest BCUT2D eigenvalue weighted by Crippen LogP contribution is -2.26. The van der Waals surface area contributed by atoms with Crippen molar-refractivity contribution in [2.75, 3.05) is 20.1 Å². The molecule has 2 heterocycles. The zero-order valence-corrected chi connectivity index (χ0v) is 18.0. The molecule has 166 valence electrons. The lowest BCUT2D eigenvalue weighted by Gasteiger charge is -2.15. The van der Waals surface area contributed by atoms with E-state index in [-0.39, 0.29) is 23.3 Å². The molecule has 1 unspecified atom stereocenters. The number of hydrogen-bond donors (Lipinski definition) is 2. The van der Waals surface area contributed by atoms with Crippen molar-refractivity contribution in [3.8, 4) is 5.88 Å². The van der Waals surface area contributed by atoms with Crippen LogP contribution in [-0.4, -0.2) is 48.1 Å². The van der Waals surface area contributed by atoms with Crippen LogP contribution in [0.5, 0.6) is 5.88 Å². The Labute approximate surface area is 187 Å². The monoisotopic (exact) mass is 433 g/mol. The summed E-state index contributed by atoms with van der Waals surface area (Å²) in [6.45, 7) is 5.29. The number of primary amides is 1. The topological polar surface area (TPSA) is 110 Å². The summed E-state index contributed by atoms with van der Waals surface area (Å²) < 4.78 is 5.92. The van der Waals surface area contributed by atoms with Gasteiger partial charge in [-0.15, -0.1) is 0 Å². The number of allylic oxidation sites excluding steroid dienone is 1. The normalized spacial score (nSPS) is 16.2. The van der Waals surface area contributed by atoms with Crippen molar-refractivity contribution < 1.29 is 14.3 Å². The molecule has 1 fully saturated rings. The van der Waals surface area contributed by atoms with Gasteiger partial charge in [-0.3, -0.25) is 14.6 Å². The summed E-state index contributed by atoms with van der Waals surface area (Å²) in [4.78, 5) is 34.1. The van der Waals surface area contributed by atoms with Crippen molar-refractivity contribution >= 4 is 18.0 Å². The average molecular weight is 434 g/mol. The molecule has 1 aromatic carbocycles. The Morgan fingerprint density at radius 2 is 2.09 bits per heavy atom. The van der Waals surface area contributed by atoms with Gasteiger partial charge in [0.15, 0.2) is 5.76 Å². The first-order valence-corrected chi connectivity index (χ1v) is 10.3. The number of nitrogens with zero attached hydrogens (tertiary/aromatic N) is 3. The van der Waals surface area contributed by atoms with Crippen LogP contribution in [0.15, 0.2) is 72.1 Å². The van der Waals surface area contributed by atoms with Crippen LogP contribution in [0.1, 0.15) is 34.0 Å². The van der Waals surface area contributed by atoms with E-state index in [2.05, 4.69) is 21.9 Å². The van der Waals surface area contributed by atoms with Gasteiger partial charge >= 0.3 is 0 Å². The average Bonchev–Trinajstić information content (AvgIpc) is 3.29. The number of nitrogens with two attached hydrogens (primary N) is 1. The largest absolute Gasteiger partial charge is 0.435 e. The van der Waals surface area contributed by atoms with E-state index in [4.69, 9.17) is 10.5 Å². The number of pyridine rings is 1. The molecule has 0 bridgehead atoms. The van der Waals surface area contributed by atoms with Crippen LogP contribution < -0.4 is 15.8 Å². The standard InChI is InChI=1S/C24H27N5O3/c1-3-22(30)29-12-11-18(16-29)21-10-9-20(23(25)31)24(28-21)32-19(14-26-2)15-27-13-17-7-5-4-6-8-17/h3-10,14-15,18,27H,1,11-13,16H2,2H3,(H2,25,31)/b19-15+,26-14-. The lowest BCUT2D eigenvalue weighted by molar-refractivity contribution is -0.125. The number of carbonyl (C=O) groups excluding carboxylic acids is 2. The third kappa shape index (κ3) is 5.81. The molecule has 8 heteroatoms. The number of likely N-dealkylation sites (tertiary alicyclic amines) is 1. The van der Waals surface area contributed by atoms with Crippen LogP contribution in [0.4, 0.5) is 0 Å². The highest BCUT2D eigenvalue weighted by Crippen LogP contribution is 2.29. The molecule has 3 rings (SSSR count). The third-order valence-corrected chi connectivity index (χ3v) is 5.10. The van der Waals surface area contributed by atoms with Gasteiger partial charge in [0.2, 0.25) is 11.8 Å². The third-order valence-electron chi connectivity index (χ3n) is 5.10. The number of nitrogens with one attached hydrogen (secondary N) is 1. The lowest BCUT2D eigenvalue weighted by atomic mass is 10.0. The fourth-order valence-corrected chi connectivity index (χ4v) is 3.48. The van der Waals surface area contributed by atoms with Crippen LogP contribution in [0.3, 0.4) is 0 Å². The van der Waals surface area contributed by atoms with Crippen molar-refractivity contribution in [2.45, 2.75) is 18.9 Å². The summed E-state index contributed by atoms with van der Waals surface area (Å²) in [7, 11) is 1.62. The number of aliphatic imine (C=N–C) groups is 1. The zero-order valence-electron chi connectivity index (χ0n) is 18.0. The highest BCUT2D eigenvalue weighted by atomic mass is 16.5. The molecule has 2 amide bonds. The Morgan fingerprint density at radius 3 is 2.78 bits per heavy atom. The minimum atomic E-state index is -0.640. The van der Waals surface area contributed by atoms with Crippen LogP contribution >= 0.6 is 0 Å². The minimum absolute atomic E-state index is 0.0339. The van der Waals surface area contributed by atoms with Crippen LogP contribution in [0.25, 0.3) is 0 Å². The molecule has 1 aliphatic rings. The number of amides is 2. The van der Waals surface area contributed by atoms with Crippen LogP contribution in [0, 0.1) is 0 Å². The maximum Gasteiger partial charge on any atom is 0.254 e. The second-order valence-electron chi connectivity index (χ2n) is 7.33. The summed E-state index contributed by atoms with van der Waals surface area (Å²) in [5.74, 6) is -0.223. The van der Waals surface area contributed by atoms with Crippen molar-refractivity contribution in [1.82, 2.24) is 15.2 Å². The zero-order chi connectivity index (χ0) is 22.9. The van der Waals surface area contributed by atoms with Gasteiger partial charge in [-0.25, -0.2) is 4.98 Å². The quantitative estimate of drug-likeness (QED) is 0.358. The highest BCUT2D eigenvalue weighted by molar-refractivity contribution is 5.95. The first kappa shape index (κ1) is 22.7. The van der Waals surface area contributed by atoms with Gasteiger partial charge in [-0.1, -0.05) is 36.9 Å². The van der Waals surface area contributed by atoms with Crippen molar-refractivity contribution in [3.63, 3.8) is 0 Å². The number of carbonyl (C=O) groups is 2. The maximum absolute atomic E-state index is 11.9. The Morgan fingerprint density at radius 1 is 1.31 bits per heavy atom.